The van der Waals surface area contributed by atoms with Crippen LogP contribution in [0.3, 0.4) is 0 Å². The predicted molar refractivity (Wildman–Crippen MR) is 118 cm³/mol. The first kappa shape index (κ1) is 20.2. The SMILES string of the molecule is CCSc1nc2cc(F)ccc2n1-c1ccc(OCCCN2CCCCC2)cc1. The van der Waals surface area contributed by atoms with Crippen LogP contribution in [0.5, 0.6) is 5.75 Å². The van der Waals surface area contributed by atoms with Gasteiger partial charge in [0.05, 0.1) is 17.6 Å². The maximum absolute atomic E-state index is 13.6. The van der Waals surface area contributed by atoms with Crippen LogP contribution in [0, 0.1) is 5.82 Å². The molecule has 0 spiro atoms. The Morgan fingerprint density at radius 1 is 1.07 bits per heavy atom. The summed E-state index contributed by atoms with van der Waals surface area (Å²) >= 11 is 1.66. The normalized spacial score (nSPS) is 15.1. The first-order valence-electron chi connectivity index (χ1n) is 10.5. The molecule has 29 heavy (non-hydrogen) atoms. The van der Waals surface area contributed by atoms with Gasteiger partial charge in [0.15, 0.2) is 5.16 Å². The third-order valence-electron chi connectivity index (χ3n) is 5.29. The van der Waals surface area contributed by atoms with Crippen LogP contribution in [0.15, 0.2) is 47.6 Å². The zero-order valence-electron chi connectivity index (χ0n) is 16.9. The number of nitrogens with zero attached hydrogens (tertiary/aromatic N) is 3. The third kappa shape index (κ3) is 4.93. The zero-order valence-corrected chi connectivity index (χ0v) is 17.8. The number of hydrogen-bond acceptors (Lipinski definition) is 4. The van der Waals surface area contributed by atoms with Gasteiger partial charge in [-0.2, -0.15) is 0 Å². The highest BCUT2D eigenvalue weighted by molar-refractivity contribution is 7.99. The first-order valence-corrected chi connectivity index (χ1v) is 11.5. The molecule has 0 N–H and O–H groups in total. The van der Waals surface area contributed by atoms with E-state index >= 15 is 0 Å². The molecule has 4 nitrogen and oxygen atoms in total. The average molecular weight is 414 g/mol. The van der Waals surface area contributed by atoms with Gasteiger partial charge in [-0.3, -0.25) is 4.57 Å². The molecule has 2 heterocycles. The Balaban J connectivity index is 1.43. The van der Waals surface area contributed by atoms with Crippen molar-refractivity contribution >= 4 is 22.8 Å². The summed E-state index contributed by atoms with van der Waals surface area (Å²) in [7, 11) is 0. The molecule has 1 aromatic heterocycles. The minimum absolute atomic E-state index is 0.261. The van der Waals surface area contributed by atoms with Crippen molar-refractivity contribution in [3.8, 4) is 11.4 Å². The molecule has 1 fully saturated rings. The second-order valence-electron chi connectivity index (χ2n) is 7.39. The molecule has 6 heteroatoms. The number of halogens is 1. The summed E-state index contributed by atoms with van der Waals surface area (Å²) in [5, 5.41) is 0.878. The largest absolute Gasteiger partial charge is 0.494 e. The van der Waals surface area contributed by atoms with Gasteiger partial charge in [-0.15, -0.1) is 0 Å². The van der Waals surface area contributed by atoms with Crippen LogP contribution in [0.25, 0.3) is 16.7 Å². The Kier molecular flexibility index (Phi) is 6.72. The minimum atomic E-state index is -0.261. The van der Waals surface area contributed by atoms with Crippen molar-refractivity contribution in [2.24, 2.45) is 0 Å². The van der Waals surface area contributed by atoms with Gasteiger partial charge in [-0.25, -0.2) is 9.37 Å². The number of ether oxygens (including phenoxy) is 1. The van der Waals surface area contributed by atoms with Gasteiger partial charge in [-0.1, -0.05) is 25.1 Å². The van der Waals surface area contributed by atoms with E-state index < -0.39 is 0 Å². The molecule has 1 aliphatic heterocycles. The van der Waals surface area contributed by atoms with E-state index in [0.29, 0.717) is 5.52 Å². The van der Waals surface area contributed by atoms with Gasteiger partial charge in [0.2, 0.25) is 0 Å². The topological polar surface area (TPSA) is 30.3 Å². The summed E-state index contributed by atoms with van der Waals surface area (Å²) in [6.45, 7) is 6.41. The van der Waals surface area contributed by atoms with E-state index in [4.69, 9.17) is 4.74 Å². The second-order valence-corrected chi connectivity index (χ2v) is 8.63. The Labute approximate surface area is 176 Å². The molecular formula is C23H28FN3OS. The highest BCUT2D eigenvalue weighted by Crippen LogP contribution is 2.29. The molecule has 0 atom stereocenters. The fourth-order valence-corrected chi connectivity index (χ4v) is 4.61. The number of benzene rings is 2. The maximum Gasteiger partial charge on any atom is 0.173 e. The molecule has 1 saturated heterocycles. The van der Waals surface area contributed by atoms with Gasteiger partial charge >= 0.3 is 0 Å². The standard InChI is InChI=1S/C23H28FN3OS/c1-2-29-23-25-21-17-18(24)7-12-22(21)27(23)19-8-10-20(11-9-19)28-16-6-15-26-13-4-3-5-14-26/h7-12,17H,2-6,13-16H2,1H3. The molecule has 4 rings (SSSR count). The smallest absolute Gasteiger partial charge is 0.173 e. The lowest BCUT2D eigenvalue weighted by molar-refractivity contribution is 0.205. The fraction of sp³-hybridized carbons (Fsp3) is 0.435. The number of likely N-dealkylation sites (tertiary alicyclic amines) is 1. The summed E-state index contributed by atoms with van der Waals surface area (Å²) < 4.78 is 21.6. The highest BCUT2D eigenvalue weighted by Gasteiger charge is 2.13. The van der Waals surface area contributed by atoms with Crippen LogP contribution >= 0.6 is 11.8 Å². The molecule has 1 aliphatic rings. The number of imidazole rings is 1. The predicted octanol–water partition coefficient (Wildman–Crippen LogP) is 5.53. The fourth-order valence-electron chi connectivity index (χ4n) is 3.86. The van der Waals surface area contributed by atoms with Crippen LogP contribution in [-0.4, -0.2) is 46.4 Å². The van der Waals surface area contributed by atoms with E-state index in [1.165, 1.54) is 44.5 Å². The summed E-state index contributed by atoms with van der Waals surface area (Å²) in [4.78, 5) is 7.15. The Morgan fingerprint density at radius 2 is 1.86 bits per heavy atom. The molecular weight excluding hydrogens is 385 g/mol. The molecule has 0 saturated carbocycles. The van der Waals surface area contributed by atoms with E-state index in [-0.39, 0.29) is 5.82 Å². The van der Waals surface area contributed by atoms with Crippen LogP contribution < -0.4 is 4.74 Å². The third-order valence-corrected chi connectivity index (χ3v) is 6.11. The van der Waals surface area contributed by atoms with Crippen LogP contribution in [0.2, 0.25) is 0 Å². The number of hydrogen-bond donors (Lipinski definition) is 0. The number of rotatable bonds is 8. The summed E-state index contributed by atoms with van der Waals surface area (Å²) in [5.74, 6) is 1.53. The molecule has 3 aromatic rings. The number of aromatic nitrogens is 2. The second kappa shape index (κ2) is 9.63. The van der Waals surface area contributed by atoms with Gasteiger partial charge in [0.25, 0.3) is 0 Å². The van der Waals surface area contributed by atoms with E-state index in [1.54, 1.807) is 17.8 Å². The lowest BCUT2D eigenvalue weighted by atomic mass is 10.1. The van der Waals surface area contributed by atoms with Crippen molar-refractivity contribution in [2.75, 3.05) is 32.0 Å². The Morgan fingerprint density at radius 3 is 2.62 bits per heavy atom. The molecule has 0 unspecified atom stereocenters. The summed E-state index contributed by atoms with van der Waals surface area (Å²) in [5.41, 5.74) is 2.60. The van der Waals surface area contributed by atoms with Crippen LogP contribution in [0.4, 0.5) is 4.39 Å². The van der Waals surface area contributed by atoms with Gasteiger partial charge in [-0.05, 0) is 74.5 Å². The lowest BCUT2D eigenvalue weighted by Crippen LogP contribution is -2.31. The van der Waals surface area contributed by atoms with E-state index in [9.17, 15) is 4.39 Å². The zero-order chi connectivity index (χ0) is 20.1. The van der Waals surface area contributed by atoms with Crippen LogP contribution in [-0.2, 0) is 0 Å². The Hall–Kier alpha value is -2.05. The van der Waals surface area contributed by atoms with Gasteiger partial charge in [0.1, 0.15) is 11.6 Å². The van der Waals surface area contributed by atoms with Crippen molar-refractivity contribution in [1.29, 1.82) is 0 Å². The van der Waals surface area contributed by atoms with E-state index in [1.807, 2.05) is 24.3 Å². The molecule has 0 radical (unpaired) electrons. The quantitative estimate of drug-likeness (QED) is 0.359. The molecule has 2 aromatic carbocycles. The maximum atomic E-state index is 13.6. The monoisotopic (exact) mass is 413 g/mol. The summed E-state index contributed by atoms with van der Waals surface area (Å²) in [6, 6.07) is 12.9. The molecule has 0 amide bonds. The van der Waals surface area contributed by atoms with Gasteiger partial charge in [0, 0.05) is 18.3 Å². The first-order chi connectivity index (χ1) is 14.2. The average Bonchev–Trinajstić information content (AvgIpc) is 3.09. The van der Waals surface area contributed by atoms with E-state index in [0.717, 1.165) is 47.4 Å². The van der Waals surface area contributed by atoms with E-state index in [2.05, 4.69) is 21.4 Å². The molecule has 154 valence electrons. The highest BCUT2D eigenvalue weighted by atomic mass is 32.2. The lowest BCUT2D eigenvalue weighted by Gasteiger charge is -2.26. The number of piperidine rings is 1. The molecule has 0 aliphatic carbocycles. The van der Waals surface area contributed by atoms with Gasteiger partial charge < -0.3 is 9.64 Å². The minimum Gasteiger partial charge on any atom is -0.494 e. The van der Waals surface area contributed by atoms with Crippen molar-refractivity contribution in [3.05, 3.63) is 48.3 Å². The number of thioether (sulfide) groups is 1. The van der Waals surface area contributed by atoms with Crippen molar-refractivity contribution in [2.45, 2.75) is 37.8 Å². The molecule has 0 bridgehead atoms. The van der Waals surface area contributed by atoms with Crippen molar-refractivity contribution in [3.63, 3.8) is 0 Å². The van der Waals surface area contributed by atoms with Crippen LogP contribution in [0.1, 0.15) is 32.6 Å². The number of fused-ring (bicyclic) bond motifs is 1. The van der Waals surface area contributed by atoms with Crippen molar-refractivity contribution in [1.82, 2.24) is 14.5 Å². The Bertz CT molecular complexity index is 935. The summed E-state index contributed by atoms with van der Waals surface area (Å²) in [6.07, 6.45) is 5.09. The van der Waals surface area contributed by atoms with Crippen molar-refractivity contribution < 1.29 is 9.13 Å².